The van der Waals surface area contributed by atoms with Crippen molar-refractivity contribution in [2.45, 2.75) is 63.4 Å². The topological polar surface area (TPSA) is 106 Å². The molecule has 3 aromatic rings. The third-order valence-corrected chi connectivity index (χ3v) is 8.84. The highest BCUT2D eigenvalue weighted by Crippen LogP contribution is 2.35. The van der Waals surface area contributed by atoms with E-state index in [9.17, 15) is 8.42 Å². The van der Waals surface area contributed by atoms with Gasteiger partial charge in [-0.1, -0.05) is 30.7 Å². The molecule has 0 bridgehead atoms. The number of anilines is 4. The van der Waals surface area contributed by atoms with Crippen molar-refractivity contribution in [3.63, 3.8) is 0 Å². The average Bonchev–Trinajstić information content (AvgIpc) is 3.35. The normalized spacial score (nSPS) is 16.1. The first-order chi connectivity index (χ1) is 18.6. The van der Waals surface area contributed by atoms with Crippen LogP contribution < -0.4 is 20.1 Å². The van der Waals surface area contributed by atoms with Crippen LogP contribution in [0.15, 0.2) is 53.6 Å². The van der Waals surface area contributed by atoms with E-state index in [2.05, 4.69) is 32.4 Å². The van der Waals surface area contributed by atoms with Crippen LogP contribution in [0, 0.1) is 0 Å². The Kier molecular flexibility index (Phi) is 9.19. The van der Waals surface area contributed by atoms with Crippen LogP contribution >= 0.6 is 11.6 Å². The molecular weight excluding hydrogens is 538 g/mol. The van der Waals surface area contributed by atoms with Crippen molar-refractivity contribution in [1.82, 2.24) is 14.9 Å². The Labute approximate surface area is 235 Å². The van der Waals surface area contributed by atoms with Crippen molar-refractivity contribution >= 4 is 44.6 Å². The first-order valence-electron chi connectivity index (χ1n) is 13.2. The Hall–Kier alpha value is -3.08. The second-order valence-electron chi connectivity index (χ2n) is 9.98. The third kappa shape index (κ3) is 7.12. The number of nitrogens with zero attached hydrogens (tertiary/aromatic N) is 3. The molecule has 1 aromatic heterocycles. The molecule has 0 radical (unpaired) electrons. The Morgan fingerprint density at radius 3 is 2.56 bits per heavy atom. The van der Waals surface area contributed by atoms with Gasteiger partial charge in [0.25, 0.3) is 0 Å². The van der Waals surface area contributed by atoms with Crippen LogP contribution in [0.4, 0.5) is 23.1 Å². The first kappa shape index (κ1) is 28.9. The fraction of sp³-hybridized carbons (Fsp3) is 0.429. The lowest BCUT2D eigenvalue weighted by Gasteiger charge is -2.19. The van der Waals surface area contributed by atoms with Gasteiger partial charge in [0, 0.05) is 19.2 Å². The summed E-state index contributed by atoms with van der Waals surface area (Å²) in [6.07, 6.45) is 2.53. The quantitative estimate of drug-likeness (QED) is 0.283. The van der Waals surface area contributed by atoms with Gasteiger partial charge >= 0.3 is 0 Å². The highest BCUT2D eigenvalue weighted by molar-refractivity contribution is 7.92. The molecule has 1 atom stereocenters. The maximum Gasteiger partial charge on any atom is 0.229 e. The van der Waals surface area contributed by atoms with Gasteiger partial charge in [0.05, 0.1) is 33.8 Å². The molecule has 210 valence electrons. The summed E-state index contributed by atoms with van der Waals surface area (Å²) in [6.45, 7) is 12.3. The average molecular weight is 574 g/mol. The summed E-state index contributed by atoms with van der Waals surface area (Å²) in [5.74, 6) is 1.88. The van der Waals surface area contributed by atoms with E-state index in [0.717, 1.165) is 31.8 Å². The molecule has 0 amide bonds. The summed E-state index contributed by atoms with van der Waals surface area (Å²) in [5, 5.41) is 5.95. The maximum atomic E-state index is 12.9. The molecule has 11 heteroatoms. The summed E-state index contributed by atoms with van der Waals surface area (Å²) in [6, 6.07) is 12.3. The van der Waals surface area contributed by atoms with E-state index in [1.807, 2.05) is 32.0 Å². The van der Waals surface area contributed by atoms with Crippen LogP contribution in [-0.2, 0) is 9.84 Å². The second kappa shape index (κ2) is 12.4. The van der Waals surface area contributed by atoms with Crippen LogP contribution in [0.1, 0.15) is 41.0 Å². The van der Waals surface area contributed by atoms with E-state index in [-0.39, 0.29) is 33.9 Å². The summed E-state index contributed by atoms with van der Waals surface area (Å²) in [7, 11) is -3.53. The van der Waals surface area contributed by atoms with E-state index in [1.54, 1.807) is 38.1 Å². The number of para-hydroxylation sites is 1. The van der Waals surface area contributed by atoms with Crippen molar-refractivity contribution in [2.24, 2.45) is 0 Å². The largest absolute Gasteiger partial charge is 0.489 e. The number of aromatic nitrogens is 2. The molecule has 9 nitrogen and oxygen atoms in total. The number of hydrogen-bond acceptors (Lipinski definition) is 9. The molecule has 4 rings (SSSR count). The summed E-state index contributed by atoms with van der Waals surface area (Å²) >= 11 is 6.39. The fourth-order valence-electron chi connectivity index (χ4n) is 4.24. The molecule has 1 saturated heterocycles. The molecule has 2 N–H and O–H groups in total. The van der Waals surface area contributed by atoms with Crippen LogP contribution in [-0.4, -0.2) is 60.4 Å². The summed E-state index contributed by atoms with van der Waals surface area (Å²) in [5.41, 5.74) is 1.05. The molecule has 2 aromatic carbocycles. The van der Waals surface area contributed by atoms with Gasteiger partial charge in [-0.3, -0.25) is 4.90 Å². The SMILES string of the molecule is CCN1CCC(Oc2ccc(Nc3ncc(Cl)c(Nc4ccccc4S(=O)(=O)C(C)C)n3)c(OC(C)C)c2)C1. The van der Waals surface area contributed by atoms with Crippen molar-refractivity contribution in [2.75, 3.05) is 30.3 Å². The zero-order valence-electron chi connectivity index (χ0n) is 22.9. The number of benzene rings is 2. The number of ether oxygens (including phenoxy) is 2. The minimum atomic E-state index is -3.53. The van der Waals surface area contributed by atoms with Gasteiger partial charge in [-0.15, -0.1) is 0 Å². The number of likely N-dealkylation sites (N-methyl/N-ethyl adjacent to an activating group) is 1. The molecule has 2 heterocycles. The maximum absolute atomic E-state index is 12.9. The molecule has 0 aliphatic carbocycles. The summed E-state index contributed by atoms with van der Waals surface area (Å²) < 4.78 is 38.1. The van der Waals surface area contributed by atoms with Crippen LogP contribution in [0.25, 0.3) is 0 Å². The number of hydrogen-bond donors (Lipinski definition) is 2. The predicted molar refractivity (Wildman–Crippen MR) is 156 cm³/mol. The Bertz CT molecular complexity index is 1400. The highest BCUT2D eigenvalue weighted by Gasteiger charge is 2.24. The second-order valence-corrected chi connectivity index (χ2v) is 12.9. The number of nitrogens with one attached hydrogen (secondary N) is 2. The van der Waals surface area contributed by atoms with Crippen molar-refractivity contribution in [3.05, 3.63) is 53.7 Å². The van der Waals surface area contributed by atoms with E-state index in [4.69, 9.17) is 21.1 Å². The smallest absolute Gasteiger partial charge is 0.229 e. The van der Waals surface area contributed by atoms with E-state index in [0.29, 0.717) is 17.1 Å². The third-order valence-electron chi connectivity index (χ3n) is 6.35. The highest BCUT2D eigenvalue weighted by atomic mass is 35.5. The zero-order chi connectivity index (χ0) is 28.2. The first-order valence-corrected chi connectivity index (χ1v) is 15.1. The predicted octanol–water partition coefficient (Wildman–Crippen LogP) is 6.06. The van der Waals surface area contributed by atoms with Gasteiger partial charge in [-0.05, 0) is 64.9 Å². The minimum absolute atomic E-state index is 0.0642. The van der Waals surface area contributed by atoms with Gasteiger partial charge in [0.2, 0.25) is 5.95 Å². The van der Waals surface area contributed by atoms with Crippen LogP contribution in [0.5, 0.6) is 11.5 Å². The lowest BCUT2D eigenvalue weighted by molar-refractivity contribution is 0.199. The Morgan fingerprint density at radius 1 is 1.10 bits per heavy atom. The molecule has 1 aliphatic heterocycles. The number of halogens is 1. The minimum Gasteiger partial charge on any atom is -0.489 e. The van der Waals surface area contributed by atoms with Crippen molar-refractivity contribution < 1.29 is 17.9 Å². The van der Waals surface area contributed by atoms with Gasteiger partial charge in [0.15, 0.2) is 15.7 Å². The molecule has 0 saturated carbocycles. The molecular formula is C28H36ClN5O4S. The van der Waals surface area contributed by atoms with Crippen LogP contribution in [0.2, 0.25) is 5.02 Å². The lowest BCUT2D eigenvalue weighted by atomic mass is 10.2. The standard InChI is InChI=1S/C28H36ClN5O4S/c1-6-34-14-13-21(17-34)38-20-11-12-23(25(15-20)37-18(2)3)32-28-30-16-22(29)27(33-28)31-24-9-7-8-10-26(24)39(35,36)19(4)5/h7-12,15-16,18-19,21H,6,13-14,17H2,1-5H3,(H2,30,31,32,33). The van der Waals surface area contributed by atoms with Gasteiger partial charge in [0.1, 0.15) is 22.6 Å². The van der Waals surface area contributed by atoms with E-state index < -0.39 is 15.1 Å². The van der Waals surface area contributed by atoms with Crippen LogP contribution in [0.3, 0.4) is 0 Å². The fourth-order valence-corrected chi connectivity index (χ4v) is 5.58. The van der Waals surface area contributed by atoms with Crippen molar-refractivity contribution in [3.8, 4) is 11.5 Å². The van der Waals surface area contributed by atoms with Gasteiger partial charge < -0.3 is 20.1 Å². The lowest BCUT2D eigenvalue weighted by Crippen LogP contribution is -2.24. The number of sulfone groups is 1. The number of likely N-dealkylation sites (tertiary alicyclic amines) is 1. The molecule has 1 unspecified atom stereocenters. The Morgan fingerprint density at radius 2 is 1.87 bits per heavy atom. The van der Waals surface area contributed by atoms with E-state index in [1.165, 1.54) is 6.20 Å². The molecule has 39 heavy (non-hydrogen) atoms. The molecule has 0 spiro atoms. The van der Waals surface area contributed by atoms with Gasteiger partial charge in [-0.2, -0.15) is 4.98 Å². The molecule has 1 fully saturated rings. The monoisotopic (exact) mass is 573 g/mol. The zero-order valence-corrected chi connectivity index (χ0v) is 24.5. The Balaban J connectivity index is 1.58. The van der Waals surface area contributed by atoms with Crippen molar-refractivity contribution in [1.29, 1.82) is 0 Å². The van der Waals surface area contributed by atoms with E-state index >= 15 is 0 Å². The number of rotatable bonds is 11. The van der Waals surface area contributed by atoms with Gasteiger partial charge in [-0.25, -0.2) is 13.4 Å². The molecule has 1 aliphatic rings. The summed E-state index contributed by atoms with van der Waals surface area (Å²) in [4.78, 5) is 11.4.